The highest BCUT2D eigenvalue weighted by atomic mass is 35.5. The number of amides is 10. The number of carbonyl (C=O) groups is 10. The van der Waals surface area contributed by atoms with Gasteiger partial charge in [-0.3, -0.25) is 88.4 Å². The molecule has 12 heterocycles. The van der Waals surface area contributed by atoms with Crippen LogP contribution < -0.4 is 51.1 Å². The SMILES string of the molecule is CC(C)(C)c1cc(NC(=O)[C@@H]2CCC(=O)N2c2ccc(Cl)cc2)on1.CC(C)(C)c1cc(NC(=O)[C@@H]2CCC(=O)N2c2ncc(C(F)(F)F)cc2Cl)no1.CCC(C)c1ccc(NC(=O)[C@@H]2CCC(=O)N2c2ncc(C(F)(F)F)cc2Cl)cc1.O=C(Nc1nc(-c2ccccc2)ns1)[C@@H]1CCC(=O)N1c1ccc(Cl)cc1.O=C(Nc1nc(-c2ccccc2)ns1)[C@@H]1CCC(=O)N1c1ncc(C(F)(F)F)cc1Cl. The molecule has 31 nitrogen and oxygen atoms in total. The summed E-state index contributed by atoms with van der Waals surface area (Å²) >= 11 is 31.8. The highest BCUT2D eigenvalue weighted by Crippen LogP contribution is 2.43. The Labute approximate surface area is 838 Å². The zero-order chi connectivity index (χ0) is 103. The van der Waals surface area contributed by atoms with Crippen molar-refractivity contribution >= 4 is 197 Å². The van der Waals surface area contributed by atoms with E-state index in [1.54, 1.807) is 72.8 Å². The van der Waals surface area contributed by atoms with Gasteiger partial charge in [0, 0.05) is 135 Å². The van der Waals surface area contributed by atoms with Gasteiger partial charge >= 0.3 is 18.5 Å². The van der Waals surface area contributed by atoms with Gasteiger partial charge in [-0.15, -0.1) is 0 Å². The van der Waals surface area contributed by atoms with E-state index in [-0.39, 0.29) is 122 Å². The topological polar surface area (TPSA) is 389 Å². The van der Waals surface area contributed by atoms with Crippen LogP contribution in [0.5, 0.6) is 0 Å². The summed E-state index contributed by atoms with van der Waals surface area (Å²) in [6.45, 7) is 16.0. The van der Waals surface area contributed by atoms with Crippen LogP contribution in [0.25, 0.3) is 22.8 Å². The molecule has 0 bridgehead atoms. The number of anilines is 10. The zero-order valence-corrected chi connectivity index (χ0v) is 81.7. The minimum absolute atomic E-state index is 0.0303. The molecule has 6 atom stereocenters. The third kappa shape index (κ3) is 26.1. The van der Waals surface area contributed by atoms with Crippen LogP contribution in [0, 0.1) is 0 Å². The molecule has 5 aromatic carbocycles. The maximum absolute atomic E-state index is 12.9. The lowest BCUT2D eigenvalue weighted by molar-refractivity contribution is -0.138. The van der Waals surface area contributed by atoms with Gasteiger partial charge in [-0.05, 0) is 129 Å². The van der Waals surface area contributed by atoms with Crippen LogP contribution in [0.4, 0.5) is 96.0 Å². The van der Waals surface area contributed by atoms with Gasteiger partial charge in [-0.25, -0.2) is 15.0 Å². The largest absolute Gasteiger partial charge is 0.417 e. The second-order valence-electron chi connectivity index (χ2n) is 34.7. The number of rotatable bonds is 19. The minimum atomic E-state index is -4.63. The van der Waals surface area contributed by atoms with Gasteiger partial charge in [-0.1, -0.05) is 197 Å². The first-order valence-corrected chi connectivity index (χ1v) is 47.2. The van der Waals surface area contributed by atoms with E-state index in [2.05, 4.69) is 84.4 Å². The van der Waals surface area contributed by atoms with E-state index >= 15 is 0 Å². The summed E-state index contributed by atoms with van der Waals surface area (Å²) in [5.74, 6) is -1.79. The molecular formula is C95H87Cl5F9N19O12S2. The fourth-order valence-electron chi connectivity index (χ4n) is 15.1. The minimum Gasteiger partial charge on any atom is -0.359 e. The first-order chi connectivity index (χ1) is 67.1. The summed E-state index contributed by atoms with van der Waals surface area (Å²) in [6, 6.07) is 41.2. The predicted molar refractivity (Wildman–Crippen MR) is 518 cm³/mol. The van der Waals surface area contributed by atoms with E-state index in [9.17, 15) is 87.5 Å². The third-order valence-corrected chi connectivity index (χ3v) is 25.3. The highest BCUT2D eigenvalue weighted by molar-refractivity contribution is 7.10. The average Bonchev–Trinajstić information content (AvgIpc) is 1.58. The van der Waals surface area contributed by atoms with E-state index in [0.717, 1.165) is 66.6 Å². The number of nitrogens with one attached hydrogen (secondary N) is 5. The Morgan fingerprint density at radius 3 is 1.09 bits per heavy atom. The molecular weight excluding hydrogens is 2010 g/mol. The second-order valence-corrected chi connectivity index (χ2v) is 38.3. The van der Waals surface area contributed by atoms with Crippen molar-refractivity contribution in [1.29, 1.82) is 0 Å². The fraction of sp³-hybridized carbons (Fsp3) is 0.316. The van der Waals surface area contributed by atoms with E-state index in [0.29, 0.717) is 118 Å². The number of aromatic nitrogens is 9. The van der Waals surface area contributed by atoms with Crippen LogP contribution in [-0.4, -0.2) is 133 Å². The lowest BCUT2D eigenvalue weighted by Gasteiger charge is -2.24. The molecule has 0 spiro atoms. The molecule has 10 amide bonds. The Morgan fingerprint density at radius 1 is 0.415 bits per heavy atom. The first kappa shape index (κ1) is 106. The molecule has 7 aromatic heterocycles. The van der Waals surface area contributed by atoms with Crippen molar-refractivity contribution in [1.82, 2.24) is 44.0 Å². The van der Waals surface area contributed by atoms with Crippen LogP contribution >= 0.6 is 81.1 Å². The molecule has 1 unspecified atom stereocenters. The van der Waals surface area contributed by atoms with Crippen molar-refractivity contribution in [3.8, 4) is 22.8 Å². The quantitative estimate of drug-likeness (QED) is 0.0469. The van der Waals surface area contributed by atoms with Crippen LogP contribution in [0.1, 0.15) is 166 Å². The predicted octanol–water partition coefficient (Wildman–Crippen LogP) is 21.7. The summed E-state index contributed by atoms with van der Waals surface area (Å²) in [6.07, 6.45) is -8.88. The monoisotopic (exact) mass is 2100 g/mol. The molecule has 5 saturated heterocycles. The Balaban J connectivity index is 0.000000149. The van der Waals surface area contributed by atoms with Crippen LogP contribution in [0.3, 0.4) is 0 Å². The number of pyridine rings is 3. The lowest BCUT2D eigenvalue weighted by atomic mass is 9.92. The highest BCUT2D eigenvalue weighted by Gasteiger charge is 2.46. The van der Waals surface area contributed by atoms with Crippen molar-refractivity contribution in [2.24, 2.45) is 0 Å². The number of carbonyl (C=O) groups excluding carboxylic acids is 10. The van der Waals surface area contributed by atoms with Crippen LogP contribution in [0.2, 0.25) is 25.1 Å². The van der Waals surface area contributed by atoms with Gasteiger partial charge in [-0.2, -0.15) is 58.2 Å². The van der Waals surface area contributed by atoms with Crippen molar-refractivity contribution in [2.45, 2.75) is 192 Å². The summed E-state index contributed by atoms with van der Waals surface area (Å²) in [5, 5.41) is 21.9. The van der Waals surface area contributed by atoms with Crippen molar-refractivity contribution in [3.05, 3.63) is 241 Å². The summed E-state index contributed by atoms with van der Waals surface area (Å²) in [7, 11) is 0. The van der Waals surface area contributed by atoms with E-state index < -0.39 is 101 Å². The number of hydrogen-bond donors (Lipinski definition) is 5. The van der Waals surface area contributed by atoms with Gasteiger partial charge < -0.3 is 19.7 Å². The third-order valence-electron chi connectivity index (χ3n) is 22.7. The maximum Gasteiger partial charge on any atom is 0.417 e. The van der Waals surface area contributed by atoms with Crippen LogP contribution in [0.15, 0.2) is 191 Å². The van der Waals surface area contributed by atoms with E-state index in [4.69, 9.17) is 67.1 Å². The lowest BCUT2D eigenvalue weighted by Crippen LogP contribution is -2.42. The van der Waals surface area contributed by atoms with Crippen molar-refractivity contribution in [3.63, 3.8) is 0 Å². The Bertz CT molecular complexity index is 6630. The van der Waals surface area contributed by atoms with Gasteiger partial charge in [0.15, 0.2) is 34.9 Å². The zero-order valence-electron chi connectivity index (χ0n) is 76.3. The van der Waals surface area contributed by atoms with Gasteiger partial charge in [0.2, 0.25) is 75.2 Å². The summed E-state index contributed by atoms with van der Waals surface area (Å²) in [4.78, 5) is 151. The molecule has 47 heteroatoms. The maximum atomic E-state index is 12.9. The Morgan fingerprint density at radius 2 is 0.761 bits per heavy atom. The molecule has 12 aromatic rings. The number of alkyl halides is 9. The normalized spacial score (nSPS) is 17.3. The molecule has 5 aliphatic rings. The molecule has 5 fully saturated rings. The first-order valence-electron chi connectivity index (χ1n) is 43.8. The number of nitrogens with zero attached hydrogens (tertiary/aromatic N) is 14. The summed E-state index contributed by atoms with van der Waals surface area (Å²) < 4.78 is 135. The molecule has 17 rings (SSSR count). The Hall–Kier alpha value is -13.4. The number of hydrogen-bond acceptors (Lipinski definition) is 23. The molecule has 0 saturated carbocycles. The van der Waals surface area contributed by atoms with Crippen LogP contribution in [-0.2, 0) is 77.3 Å². The number of benzene rings is 5. The molecule has 0 radical (unpaired) electrons. The summed E-state index contributed by atoms with van der Waals surface area (Å²) in [5.41, 5.74) is 1.83. The van der Waals surface area contributed by atoms with Crippen molar-refractivity contribution in [2.75, 3.05) is 51.1 Å². The van der Waals surface area contributed by atoms with Crippen molar-refractivity contribution < 1.29 is 96.5 Å². The van der Waals surface area contributed by atoms with E-state index in [1.165, 1.54) is 9.80 Å². The molecule has 5 aliphatic heterocycles. The van der Waals surface area contributed by atoms with E-state index in [1.807, 2.05) is 114 Å². The van der Waals surface area contributed by atoms with Gasteiger partial charge in [0.1, 0.15) is 36.0 Å². The molecule has 0 aliphatic carbocycles. The standard InChI is InChI=1S/C21H21ClF3N3O2.C19H13ClF3N5O2S.C19H15ClN4O2S.C18H18ClF3N4O3.C18H20ClN3O3/c1-3-12(2)13-4-6-15(7-5-13)27-20(30)17-8-9-18(29)28(17)19-16(22)10-14(11-26-19)21(23,24)25;20-12-8-11(19(21,22)23)9-24-16(12)28-13(6-7-14(28)29)17(30)26-18-25-15(27-31-18)10-4-2-1-3-5-10;20-13-6-8-14(9-7-13)24-15(10-11-16(24)25)18(26)22-19-21-17(23-27-19)12-4-2-1-3-5-12;1-17(2,3)12-7-13(25-29-12)24-16(28)11-4-5-14(27)26(11)15-10(19)6-9(8-23-15)18(20,21)22;1-18(2,3)14-10-15(25-21-14)20-17(24)13-8-9-16(23)22(13)12-6-4-11(19)5-7-12/h4-7,10-12,17H,3,8-9H2,1-2H3,(H,27,30);1-5,8-9,13H,6-7H2,(H,25,26,27,30);1-9,15H,10-11H2,(H,21,22,23,26);6-8,11H,4-5H2,1-3H3,(H,24,25,28);4-7,10,13H,8-9H2,1-3H3,(H,20,24)/t12?,17-;13-;15-;11-;13-/m00000/s1. The smallest absolute Gasteiger partial charge is 0.359 e. The van der Waals surface area contributed by atoms with Gasteiger partial charge in [0.05, 0.1) is 37.5 Å². The Kier molecular flexibility index (Phi) is 33.4. The average molecular weight is 2100 g/mol. The fourth-order valence-corrected chi connectivity index (χ4v) is 17.3. The molecule has 142 heavy (non-hydrogen) atoms. The molecule has 5 N–H and O–H groups in total. The van der Waals surface area contributed by atoms with Gasteiger partial charge in [0.25, 0.3) is 0 Å². The molecule has 744 valence electrons. The second kappa shape index (κ2) is 44.8. The number of halogens is 14.